The van der Waals surface area contributed by atoms with Gasteiger partial charge in [0.1, 0.15) is 0 Å². The molecule has 0 unspecified atom stereocenters. The van der Waals surface area contributed by atoms with Crippen LogP contribution in [0.4, 0.5) is 0 Å². The standard InChI is InChI=1S/C16H18N2O/c19-16(18-11-3-1-2-4-12-18)14-9-5-7-13-8-6-10-17-15(13)14/h5-10H,1-4,11-12H2. The summed E-state index contributed by atoms with van der Waals surface area (Å²) >= 11 is 0. The number of amides is 1. The monoisotopic (exact) mass is 254 g/mol. The third-order valence-electron chi connectivity index (χ3n) is 3.76. The van der Waals surface area contributed by atoms with Crippen molar-refractivity contribution in [2.24, 2.45) is 0 Å². The van der Waals surface area contributed by atoms with Gasteiger partial charge in [0.05, 0.1) is 11.1 Å². The molecular weight excluding hydrogens is 236 g/mol. The third kappa shape index (κ3) is 2.46. The van der Waals surface area contributed by atoms with Gasteiger partial charge in [-0.2, -0.15) is 0 Å². The number of fused-ring (bicyclic) bond motifs is 1. The maximum Gasteiger partial charge on any atom is 0.256 e. The Morgan fingerprint density at radius 2 is 1.74 bits per heavy atom. The molecule has 3 heteroatoms. The van der Waals surface area contributed by atoms with Crippen LogP contribution in [-0.2, 0) is 0 Å². The second-order valence-corrected chi connectivity index (χ2v) is 5.09. The molecule has 19 heavy (non-hydrogen) atoms. The smallest absolute Gasteiger partial charge is 0.256 e. The fraction of sp³-hybridized carbons (Fsp3) is 0.375. The normalized spacial score (nSPS) is 16.3. The van der Waals surface area contributed by atoms with Crippen molar-refractivity contribution in [3.05, 3.63) is 42.1 Å². The van der Waals surface area contributed by atoms with Crippen LogP contribution in [0.5, 0.6) is 0 Å². The second kappa shape index (κ2) is 5.39. The largest absolute Gasteiger partial charge is 0.339 e. The zero-order valence-electron chi connectivity index (χ0n) is 11.0. The minimum atomic E-state index is 0.131. The molecule has 1 amide bonds. The van der Waals surface area contributed by atoms with Crippen LogP contribution in [0.15, 0.2) is 36.5 Å². The number of nitrogens with zero attached hydrogens (tertiary/aromatic N) is 2. The lowest BCUT2D eigenvalue weighted by atomic mass is 10.1. The Morgan fingerprint density at radius 1 is 1.00 bits per heavy atom. The number of carbonyl (C=O) groups excluding carboxylic acids is 1. The molecular formula is C16H18N2O. The Labute approximate surface area is 113 Å². The predicted molar refractivity (Wildman–Crippen MR) is 76.1 cm³/mol. The Hall–Kier alpha value is -1.90. The first-order valence-corrected chi connectivity index (χ1v) is 6.99. The van der Waals surface area contributed by atoms with Gasteiger partial charge in [0.25, 0.3) is 5.91 Å². The Morgan fingerprint density at radius 3 is 2.53 bits per heavy atom. The van der Waals surface area contributed by atoms with Crippen molar-refractivity contribution >= 4 is 16.8 Å². The quantitative estimate of drug-likeness (QED) is 0.782. The molecule has 1 aliphatic rings. The van der Waals surface area contributed by atoms with Crippen LogP contribution in [-0.4, -0.2) is 28.9 Å². The fourth-order valence-electron chi connectivity index (χ4n) is 2.72. The van der Waals surface area contributed by atoms with Crippen molar-refractivity contribution in [2.45, 2.75) is 25.7 Å². The van der Waals surface area contributed by atoms with E-state index in [0.29, 0.717) is 0 Å². The maximum atomic E-state index is 12.7. The molecule has 0 atom stereocenters. The van der Waals surface area contributed by atoms with E-state index in [1.54, 1.807) is 6.20 Å². The average molecular weight is 254 g/mol. The van der Waals surface area contributed by atoms with Gasteiger partial charge < -0.3 is 4.90 Å². The van der Waals surface area contributed by atoms with Crippen molar-refractivity contribution in [1.82, 2.24) is 9.88 Å². The first kappa shape index (κ1) is 12.2. The van der Waals surface area contributed by atoms with Gasteiger partial charge in [-0.3, -0.25) is 9.78 Å². The van der Waals surface area contributed by atoms with Crippen LogP contribution in [0.2, 0.25) is 0 Å². The van der Waals surface area contributed by atoms with E-state index in [9.17, 15) is 4.79 Å². The summed E-state index contributed by atoms with van der Waals surface area (Å²) in [5.74, 6) is 0.131. The molecule has 1 aliphatic heterocycles. The second-order valence-electron chi connectivity index (χ2n) is 5.09. The molecule has 0 radical (unpaired) electrons. The first-order valence-electron chi connectivity index (χ1n) is 6.99. The first-order chi connectivity index (χ1) is 9.36. The highest BCUT2D eigenvalue weighted by molar-refractivity contribution is 6.05. The highest BCUT2D eigenvalue weighted by Crippen LogP contribution is 2.19. The van der Waals surface area contributed by atoms with Crippen LogP contribution in [0, 0.1) is 0 Å². The molecule has 98 valence electrons. The summed E-state index contributed by atoms with van der Waals surface area (Å²) < 4.78 is 0. The average Bonchev–Trinajstić information content (AvgIpc) is 2.75. The molecule has 3 rings (SSSR count). The van der Waals surface area contributed by atoms with E-state index in [-0.39, 0.29) is 5.91 Å². The van der Waals surface area contributed by atoms with E-state index in [4.69, 9.17) is 0 Å². The fourth-order valence-corrected chi connectivity index (χ4v) is 2.72. The summed E-state index contributed by atoms with van der Waals surface area (Å²) in [6, 6.07) is 9.74. The highest BCUT2D eigenvalue weighted by Gasteiger charge is 2.19. The zero-order chi connectivity index (χ0) is 13.1. The number of benzene rings is 1. The van der Waals surface area contributed by atoms with Crippen molar-refractivity contribution in [2.75, 3.05) is 13.1 Å². The SMILES string of the molecule is O=C(c1cccc2cccnc12)N1CCCCCC1. The molecule has 1 aromatic carbocycles. The molecule has 1 fully saturated rings. The summed E-state index contributed by atoms with van der Waals surface area (Å²) in [5.41, 5.74) is 1.55. The van der Waals surface area contributed by atoms with Crippen LogP contribution >= 0.6 is 0 Å². The Kier molecular flexibility index (Phi) is 3.45. The topological polar surface area (TPSA) is 33.2 Å². The molecule has 0 spiro atoms. The predicted octanol–water partition coefficient (Wildman–Crippen LogP) is 3.25. The summed E-state index contributed by atoms with van der Waals surface area (Å²) in [5, 5.41) is 1.03. The van der Waals surface area contributed by atoms with Gasteiger partial charge in [-0.15, -0.1) is 0 Å². The minimum Gasteiger partial charge on any atom is -0.339 e. The third-order valence-corrected chi connectivity index (χ3v) is 3.76. The number of hydrogen-bond acceptors (Lipinski definition) is 2. The summed E-state index contributed by atoms with van der Waals surface area (Å²) in [6.45, 7) is 1.75. The van der Waals surface area contributed by atoms with Crippen molar-refractivity contribution in [3.8, 4) is 0 Å². The van der Waals surface area contributed by atoms with E-state index in [2.05, 4.69) is 4.98 Å². The molecule has 0 aliphatic carbocycles. The lowest BCUT2D eigenvalue weighted by molar-refractivity contribution is 0.0763. The number of likely N-dealkylation sites (tertiary alicyclic amines) is 1. The molecule has 2 heterocycles. The maximum absolute atomic E-state index is 12.7. The van der Waals surface area contributed by atoms with Gasteiger partial charge in [0, 0.05) is 24.7 Å². The highest BCUT2D eigenvalue weighted by atomic mass is 16.2. The van der Waals surface area contributed by atoms with Crippen LogP contribution in [0.25, 0.3) is 10.9 Å². The molecule has 0 N–H and O–H groups in total. The zero-order valence-corrected chi connectivity index (χ0v) is 11.0. The number of para-hydroxylation sites is 1. The molecule has 1 aromatic heterocycles. The molecule has 2 aromatic rings. The van der Waals surface area contributed by atoms with Gasteiger partial charge in [-0.05, 0) is 25.0 Å². The lowest BCUT2D eigenvalue weighted by Gasteiger charge is -2.20. The number of aromatic nitrogens is 1. The van der Waals surface area contributed by atoms with Crippen LogP contribution < -0.4 is 0 Å². The van der Waals surface area contributed by atoms with Crippen molar-refractivity contribution in [1.29, 1.82) is 0 Å². The molecule has 1 saturated heterocycles. The number of carbonyl (C=O) groups is 1. The summed E-state index contributed by atoms with van der Waals surface area (Å²) in [7, 11) is 0. The van der Waals surface area contributed by atoms with E-state index in [0.717, 1.165) is 42.4 Å². The van der Waals surface area contributed by atoms with E-state index in [1.807, 2.05) is 35.2 Å². The molecule has 0 bridgehead atoms. The van der Waals surface area contributed by atoms with Gasteiger partial charge in [0.15, 0.2) is 0 Å². The number of hydrogen-bond donors (Lipinski definition) is 0. The van der Waals surface area contributed by atoms with Crippen molar-refractivity contribution in [3.63, 3.8) is 0 Å². The number of pyridine rings is 1. The summed E-state index contributed by atoms with van der Waals surface area (Å²) in [4.78, 5) is 19.0. The molecule has 0 saturated carbocycles. The van der Waals surface area contributed by atoms with E-state index in [1.165, 1.54) is 12.8 Å². The van der Waals surface area contributed by atoms with Gasteiger partial charge in [0.2, 0.25) is 0 Å². The van der Waals surface area contributed by atoms with Crippen molar-refractivity contribution < 1.29 is 4.79 Å². The van der Waals surface area contributed by atoms with Crippen LogP contribution in [0.3, 0.4) is 0 Å². The minimum absolute atomic E-state index is 0.131. The molecule has 3 nitrogen and oxygen atoms in total. The Balaban J connectivity index is 1.96. The van der Waals surface area contributed by atoms with Crippen LogP contribution in [0.1, 0.15) is 36.0 Å². The van der Waals surface area contributed by atoms with Gasteiger partial charge in [-0.25, -0.2) is 0 Å². The van der Waals surface area contributed by atoms with E-state index < -0.39 is 0 Å². The summed E-state index contributed by atoms with van der Waals surface area (Å²) in [6.07, 6.45) is 6.45. The van der Waals surface area contributed by atoms with E-state index >= 15 is 0 Å². The Bertz CT molecular complexity index is 581. The lowest BCUT2D eigenvalue weighted by Crippen LogP contribution is -2.32. The van der Waals surface area contributed by atoms with Gasteiger partial charge in [-0.1, -0.05) is 31.0 Å². The number of rotatable bonds is 1. The van der Waals surface area contributed by atoms with Gasteiger partial charge >= 0.3 is 0 Å².